The van der Waals surface area contributed by atoms with Gasteiger partial charge in [-0.1, -0.05) is 85.8 Å². The van der Waals surface area contributed by atoms with Crippen molar-refractivity contribution in [1.29, 1.82) is 0 Å². The van der Waals surface area contributed by atoms with Gasteiger partial charge < -0.3 is 19.4 Å². The molecule has 0 bridgehead atoms. The number of benzene rings is 3. The van der Waals surface area contributed by atoms with Crippen molar-refractivity contribution in [2.24, 2.45) is 5.92 Å². The smallest absolute Gasteiger partial charge is 0.425 e. The van der Waals surface area contributed by atoms with Crippen molar-refractivity contribution in [2.45, 2.75) is 77.8 Å². The Labute approximate surface area is 305 Å². The highest BCUT2D eigenvalue weighted by atomic mass is 16.6. The minimum Gasteiger partial charge on any atom is -0.445 e. The maximum atomic E-state index is 13.3. The number of carbonyl (C=O) groups is 2. The summed E-state index contributed by atoms with van der Waals surface area (Å²) in [6.07, 6.45) is 4.54. The van der Waals surface area contributed by atoms with E-state index in [4.69, 9.17) is 14.5 Å². The van der Waals surface area contributed by atoms with E-state index in [1.54, 1.807) is 5.01 Å². The van der Waals surface area contributed by atoms with Gasteiger partial charge in [-0.05, 0) is 74.3 Å². The molecule has 5 aromatic rings. The molecule has 2 saturated heterocycles. The molecule has 270 valence electrons. The van der Waals surface area contributed by atoms with Gasteiger partial charge >= 0.3 is 12.2 Å². The van der Waals surface area contributed by atoms with E-state index in [0.717, 1.165) is 70.2 Å². The number of hydrogen-bond acceptors (Lipinski definition) is 7. The lowest BCUT2D eigenvalue weighted by Crippen LogP contribution is -2.43. The fraction of sp³-hybridized carbons (Fsp3) is 0.366. The molecule has 7 rings (SSSR count). The summed E-state index contributed by atoms with van der Waals surface area (Å²) >= 11 is 0. The highest BCUT2D eigenvalue weighted by molar-refractivity contribution is 5.72. The van der Waals surface area contributed by atoms with Crippen LogP contribution in [-0.2, 0) is 16.1 Å². The lowest BCUT2D eigenvalue weighted by molar-refractivity contribution is -0.0318. The number of amides is 2. The Morgan fingerprint density at radius 1 is 0.769 bits per heavy atom. The lowest BCUT2D eigenvalue weighted by atomic mass is 10.0. The van der Waals surface area contributed by atoms with E-state index in [1.165, 1.54) is 0 Å². The Morgan fingerprint density at radius 2 is 1.31 bits per heavy atom. The molecule has 2 aliphatic rings. The number of nitrogens with one attached hydrogen (secondary N) is 2. The number of nitrogens with zero attached hydrogens (tertiary/aromatic N) is 5. The molecule has 2 fully saturated rings. The Hall–Kier alpha value is -5.42. The van der Waals surface area contributed by atoms with E-state index < -0.39 is 5.60 Å². The largest absolute Gasteiger partial charge is 0.445 e. The van der Waals surface area contributed by atoms with E-state index in [0.29, 0.717) is 5.92 Å². The number of aromatic nitrogens is 4. The van der Waals surface area contributed by atoms with Crippen molar-refractivity contribution in [3.8, 4) is 33.6 Å². The summed E-state index contributed by atoms with van der Waals surface area (Å²) in [5.41, 5.74) is 6.37. The number of aromatic amines is 2. The van der Waals surface area contributed by atoms with Gasteiger partial charge in [0, 0.05) is 19.6 Å². The number of likely N-dealkylation sites (tertiary alicyclic amines) is 1. The SMILES string of the molecule is C[C@@H]1C[C@@H](c2ncc(-c3ccc(-c4ccc(-c5cnc([C@@H]6CCN(C)N6C(=O)OC(C)(C)C)[nH]5)cc4)cc3)[nH]2)N(C(=O)OCc2ccccc2)[C@@H]1C. The van der Waals surface area contributed by atoms with Crippen LogP contribution in [0.3, 0.4) is 0 Å². The van der Waals surface area contributed by atoms with Crippen molar-refractivity contribution in [2.75, 3.05) is 13.6 Å². The zero-order valence-electron chi connectivity index (χ0n) is 30.7. The van der Waals surface area contributed by atoms with Gasteiger partial charge in [-0.3, -0.25) is 4.90 Å². The van der Waals surface area contributed by atoms with Gasteiger partial charge in [0.1, 0.15) is 29.9 Å². The Balaban J connectivity index is 1.01. The normalized spacial score (nSPS) is 20.7. The summed E-state index contributed by atoms with van der Waals surface area (Å²) < 4.78 is 11.4. The average molecular weight is 702 g/mol. The molecule has 11 heteroatoms. The summed E-state index contributed by atoms with van der Waals surface area (Å²) in [6, 6.07) is 26.1. The highest BCUT2D eigenvalue weighted by Gasteiger charge is 2.42. The van der Waals surface area contributed by atoms with E-state index in [1.807, 2.05) is 80.5 Å². The monoisotopic (exact) mass is 701 g/mol. The van der Waals surface area contributed by atoms with Crippen molar-refractivity contribution >= 4 is 12.2 Å². The van der Waals surface area contributed by atoms with Crippen LogP contribution in [0.15, 0.2) is 91.3 Å². The highest BCUT2D eigenvalue weighted by Crippen LogP contribution is 2.40. The predicted molar refractivity (Wildman–Crippen MR) is 200 cm³/mol. The van der Waals surface area contributed by atoms with Crippen LogP contribution in [0.1, 0.15) is 76.8 Å². The Morgan fingerprint density at radius 3 is 1.87 bits per heavy atom. The number of hydrogen-bond donors (Lipinski definition) is 2. The maximum Gasteiger partial charge on any atom is 0.425 e. The first-order valence-electron chi connectivity index (χ1n) is 18.0. The van der Waals surface area contributed by atoms with Gasteiger partial charge in [0.15, 0.2) is 0 Å². The quantitative estimate of drug-likeness (QED) is 0.174. The van der Waals surface area contributed by atoms with E-state index in [-0.39, 0.29) is 36.9 Å². The van der Waals surface area contributed by atoms with Gasteiger partial charge in [0.25, 0.3) is 0 Å². The van der Waals surface area contributed by atoms with Gasteiger partial charge in [0.05, 0.1) is 29.8 Å². The van der Waals surface area contributed by atoms with E-state index in [9.17, 15) is 9.59 Å². The molecule has 2 N–H and O–H groups in total. The van der Waals surface area contributed by atoms with Gasteiger partial charge in [0.2, 0.25) is 0 Å². The molecule has 0 radical (unpaired) electrons. The molecule has 52 heavy (non-hydrogen) atoms. The first-order valence-corrected chi connectivity index (χ1v) is 18.0. The van der Waals surface area contributed by atoms with Gasteiger partial charge in [-0.25, -0.2) is 29.6 Å². The molecule has 3 aromatic carbocycles. The van der Waals surface area contributed by atoms with Crippen LogP contribution in [0.4, 0.5) is 9.59 Å². The van der Waals surface area contributed by atoms with Gasteiger partial charge in [-0.2, -0.15) is 0 Å². The van der Waals surface area contributed by atoms with E-state index >= 15 is 0 Å². The van der Waals surface area contributed by atoms with Crippen LogP contribution >= 0.6 is 0 Å². The summed E-state index contributed by atoms with van der Waals surface area (Å²) in [5.74, 6) is 1.81. The number of rotatable bonds is 7. The minimum atomic E-state index is -0.582. The van der Waals surface area contributed by atoms with Crippen LogP contribution in [0.5, 0.6) is 0 Å². The number of hydrazine groups is 1. The third-order valence-corrected chi connectivity index (χ3v) is 10.1. The van der Waals surface area contributed by atoms with Crippen molar-refractivity contribution in [3.63, 3.8) is 0 Å². The van der Waals surface area contributed by atoms with Crippen molar-refractivity contribution in [3.05, 3.63) is 108 Å². The molecule has 2 aliphatic heterocycles. The minimum absolute atomic E-state index is 0.0339. The number of carbonyl (C=O) groups excluding carboxylic acids is 2. The molecule has 0 unspecified atom stereocenters. The van der Waals surface area contributed by atoms with Crippen LogP contribution in [0.25, 0.3) is 33.6 Å². The Kier molecular flexibility index (Phi) is 9.63. The molecule has 0 spiro atoms. The second-order valence-electron chi connectivity index (χ2n) is 14.9. The molecule has 11 nitrogen and oxygen atoms in total. The standard InChI is InChI=1S/C41H47N7O4/c1-26-22-36(47(27(26)2)39(49)51-25-28-10-8-7-9-11-28)38-43-24-34(45-38)32-18-14-30(15-19-32)29-12-16-31(17-13-29)33-23-42-37(44-33)35-20-21-46(6)48(35)40(50)52-41(3,4)5/h7-19,23-24,26-27,35-36H,20-22,25H2,1-6H3,(H,42,44)(H,43,45)/t26-,27-,35+,36+/m1/s1. The Bertz CT molecular complexity index is 2000. The topological polar surface area (TPSA) is 120 Å². The van der Waals surface area contributed by atoms with Crippen LogP contribution in [-0.4, -0.2) is 72.3 Å². The molecule has 2 amide bonds. The van der Waals surface area contributed by atoms with E-state index in [2.05, 4.69) is 77.3 Å². The molecule has 4 atom stereocenters. The third-order valence-electron chi connectivity index (χ3n) is 10.1. The molecule has 4 heterocycles. The first kappa shape index (κ1) is 35.0. The zero-order valence-corrected chi connectivity index (χ0v) is 30.7. The number of ether oxygens (including phenoxy) is 2. The molecule has 0 saturated carbocycles. The third kappa shape index (κ3) is 7.32. The summed E-state index contributed by atoms with van der Waals surface area (Å²) in [5, 5.41) is 3.54. The number of H-pyrrole nitrogens is 2. The van der Waals surface area contributed by atoms with Crippen molar-refractivity contribution in [1.82, 2.24) is 34.9 Å². The second kappa shape index (κ2) is 14.3. The van der Waals surface area contributed by atoms with Crippen molar-refractivity contribution < 1.29 is 19.1 Å². The molecule has 2 aromatic heterocycles. The summed E-state index contributed by atoms with van der Waals surface area (Å²) in [6.45, 7) is 10.8. The fourth-order valence-electron chi connectivity index (χ4n) is 7.15. The van der Waals surface area contributed by atoms with Gasteiger partial charge in [-0.15, -0.1) is 0 Å². The van der Waals surface area contributed by atoms with Crippen LogP contribution in [0, 0.1) is 5.92 Å². The maximum absolute atomic E-state index is 13.3. The summed E-state index contributed by atoms with van der Waals surface area (Å²) in [7, 11) is 1.89. The zero-order chi connectivity index (χ0) is 36.6. The molecular weight excluding hydrogens is 654 g/mol. The lowest BCUT2D eigenvalue weighted by Gasteiger charge is -2.31. The van der Waals surface area contributed by atoms with Crippen LogP contribution < -0.4 is 0 Å². The number of imidazole rings is 2. The summed E-state index contributed by atoms with van der Waals surface area (Å²) in [4.78, 5) is 44.4. The molecule has 0 aliphatic carbocycles. The second-order valence-corrected chi connectivity index (χ2v) is 14.9. The predicted octanol–water partition coefficient (Wildman–Crippen LogP) is 8.77. The first-order chi connectivity index (χ1) is 24.9. The fourth-order valence-corrected chi connectivity index (χ4v) is 7.15. The average Bonchev–Trinajstić information content (AvgIpc) is 3.94. The van der Waals surface area contributed by atoms with Crippen LogP contribution in [0.2, 0.25) is 0 Å². The molecular formula is C41H47N7O4.